The largest absolute Gasteiger partial charge is 0.338 e. The third-order valence-corrected chi connectivity index (χ3v) is 5.61. The van der Waals surface area contributed by atoms with Gasteiger partial charge in [0.15, 0.2) is 0 Å². The highest BCUT2D eigenvalue weighted by atomic mass is 15.4. The van der Waals surface area contributed by atoms with Crippen LogP contribution in [-0.2, 0) is 0 Å². The molecule has 1 aromatic heterocycles. The summed E-state index contributed by atoms with van der Waals surface area (Å²) in [5.41, 5.74) is 0. The molecule has 2 atom stereocenters. The van der Waals surface area contributed by atoms with Crippen molar-refractivity contribution in [3.05, 3.63) is 5.82 Å². The van der Waals surface area contributed by atoms with Crippen molar-refractivity contribution in [3.8, 4) is 0 Å². The Morgan fingerprint density at radius 2 is 1.81 bits per heavy atom. The van der Waals surface area contributed by atoms with Gasteiger partial charge in [-0.1, -0.05) is 25.7 Å². The third kappa shape index (κ3) is 2.80. The van der Waals surface area contributed by atoms with E-state index in [2.05, 4.69) is 20.4 Å². The molecule has 0 bridgehead atoms. The first-order chi connectivity index (χ1) is 10.4. The zero-order valence-electron chi connectivity index (χ0n) is 12.9. The van der Waals surface area contributed by atoms with Gasteiger partial charge in [0.1, 0.15) is 5.82 Å². The third-order valence-electron chi connectivity index (χ3n) is 5.61. The fourth-order valence-electron chi connectivity index (χ4n) is 4.35. The Morgan fingerprint density at radius 3 is 2.62 bits per heavy atom. The first-order valence-electron chi connectivity index (χ1n) is 8.81. The number of hydrogen-bond acceptors (Lipinski definition) is 4. The molecule has 21 heavy (non-hydrogen) atoms. The minimum absolute atomic E-state index is 0.608. The molecule has 1 aromatic rings. The fraction of sp³-hybridized carbons (Fsp3) is 0.875. The highest BCUT2D eigenvalue weighted by molar-refractivity contribution is 5.33. The van der Waals surface area contributed by atoms with E-state index >= 15 is 0 Å². The number of aromatic nitrogens is 3. The van der Waals surface area contributed by atoms with Gasteiger partial charge in [0, 0.05) is 25.0 Å². The van der Waals surface area contributed by atoms with Crippen molar-refractivity contribution in [3.63, 3.8) is 0 Å². The van der Waals surface area contributed by atoms with Crippen LogP contribution in [0.25, 0.3) is 0 Å². The number of H-pyrrole nitrogens is 1. The highest BCUT2D eigenvalue weighted by Gasteiger charge is 2.35. The van der Waals surface area contributed by atoms with E-state index in [0.717, 1.165) is 30.8 Å². The molecule has 2 aliphatic heterocycles. The summed E-state index contributed by atoms with van der Waals surface area (Å²) in [6.07, 6.45) is 10.7. The molecule has 0 aromatic carbocycles. The predicted molar refractivity (Wildman–Crippen MR) is 83.6 cm³/mol. The molecule has 0 amide bonds. The molecule has 5 heteroatoms. The van der Waals surface area contributed by atoms with Gasteiger partial charge >= 0.3 is 0 Å². The van der Waals surface area contributed by atoms with Gasteiger partial charge in [0.25, 0.3) is 0 Å². The maximum absolute atomic E-state index is 4.85. The van der Waals surface area contributed by atoms with Crippen LogP contribution in [0.5, 0.6) is 0 Å². The van der Waals surface area contributed by atoms with Crippen molar-refractivity contribution in [2.45, 2.75) is 63.3 Å². The van der Waals surface area contributed by atoms with Crippen LogP contribution in [0.15, 0.2) is 0 Å². The topological polar surface area (TPSA) is 56.8 Å². The molecule has 3 aliphatic rings. The molecular formula is C16H27N5. The van der Waals surface area contributed by atoms with Crippen LogP contribution >= 0.6 is 0 Å². The van der Waals surface area contributed by atoms with Gasteiger partial charge in [-0.3, -0.25) is 5.10 Å². The number of nitrogens with zero attached hydrogens (tertiary/aromatic N) is 3. The van der Waals surface area contributed by atoms with E-state index in [9.17, 15) is 0 Å². The molecule has 0 radical (unpaired) electrons. The Hall–Kier alpha value is -1.10. The first-order valence-corrected chi connectivity index (χ1v) is 8.81. The number of fused-ring (bicyclic) bond motifs is 1. The second kappa shape index (κ2) is 5.95. The Morgan fingerprint density at radius 1 is 0.952 bits per heavy atom. The van der Waals surface area contributed by atoms with E-state index in [1.165, 1.54) is 57.9 Å². The van der Waals surface area contributed by atoms with Crippen molar-refractivity contribution in [1.82, 2.24) is 20.5 Å². The number of nitrogens with one attached hydrogen (secondary N) is 2. The number of hydrogen-bond donors (Lipinski definition) is 2. The second-order valence-corrected chi connectivity index (χ2v) is 7.08. The minimum Gasteiger partial charge on any atom is -0.338 e. The van der Waals surface area contributed by atoms with Crippen molar-refractivity contribution < 1.29 is 0 Å². The highest BCUT2D eigenvalue weighted by Crippen LogP contribution is 2.32. The summed E-state index contributed by atoms with van der Waals surface area (Å²) in [5.74, 6) is 3.47. The summed E-state index contributed by atoms with van der Waals surface area (Å²) in [6.45, 7) is 3.38. The van der Waals surface area contributed by atoms with Crippen LogP contribution < -0.4 is 10.2 Å². The Bertz CT molecular complexity index is 449. The van der Waals surface area contributed by atoms with E-state index in [1.807, 2.05) is 0 Å². The van der Waals surface area contributed by atoms with Crippen LogP contribution in [0.2, 0.25) is 0 Å². The summed E-state index contributed by atoms with van der Waals surface area (Å²) in [5, 5.41) is 11.4. The molecular weight excluding hydrogens is 262 g/mol. The van der Waals surface area contributed by atoms with Crippen LogP contribution in [0.3, 0.4) is 0 Å². The lowest BCUT2D eigenvalue weighted by atomic mass is 9.94. The average molecular weight is 289 g/mol. The van der Waals surface area contributed by atoms with Crippen LogP contribution in [0, 0.1) is 5.92 Å². The fourth-order valence-corrected chi connectivity index (χ4v) is 4.35. The molecule has 5 nitrogen and oxygen atoms in total. The van der Waals surface area contributed by atoms with E-state index in [4.69, 9.17) is 4.98 Å². The molecule has 4 rings (SSSR count). The number of aromatic amines is 1. The van der Waals surface area contributed by atoms with Gasteiger partial charge in [-0.15, -0.1) is 5.10 Å². The molecule has 116 valence electrons. The van der Waals surface area contributed by atoms with Crippen molar-refractivity contribution >= 4 is 5.95 Å². The summed E-state index contributed by atoms with van der Waals surface area (Å²) < 4.78 is 0. The zero-order chi connectivity index (χ0) is 14.1. The maximum atomic E-state index is 4.85. The van der Waals surface area contributed by atoms with E-state index < -0.39 is 0 Å². The Kier molecular flexibility index (Phi) is 3.84. The van der Waals surface area contributed by atoms with Crippen molar-refractivity contribution in [2.24, 2.45) is 5.92 Å². The number of rotatable bonds is 2. The Labute approximate surface area is 126 Å². The summed E-state index contributed by atoms with van der Waals surface area (Å²) >= 11 is 0. The van der Waals surface area contributed by atoms with Crippen molar-refractivity contribution in [2.75, 3.05) is 24.5 Å². The van der Waals surface area contributed by atoms with E-state index in [-0.39, 0.29) is 0 Å². The minimum atomic E-state index is 0.608. The molecule has 1 saturated carbocycles. The quantitative estimate of drug-likeness (QED) is 0.821. The Balaban J connectivity index is 1.44. The van der Waals surface area contributed by atoms with Gasteiger partial charge in [0.05, 0.1) is 0 Å². The second-order valence-electron chi connectivity index (χ2n) is 7.08. The average Bonchev–Trinajstić information content (AvgIpc) is 3.07. The lowest BCUT2D eigenvalue weighted by Gasteiger charge is -2.24. The molecule has 0 spiro atoms. The van der Waals surface area contributed by atoms with Crippen molar-refractivity contribution in [1.29, 1.82) is 0 Å². The van der Waals surface area contributed by atoms with E-state index in [1.54, 1.807) is 0 Å². The zero-order valence-corrected chi connectivity index (χ0v) is 12.9. The SMILES string of the molecule is C1CCCC(c2nc(N3CC4CCCNC4C3)n[nH]2)CC1. The molecule has 2 N–H and O–H groups in total. The van der Waals surface area contributed by atoms with Gasteiger partial charge < -0.3 is 10.2 Å². The normalized spacial score (nSPS) is 31.1. The van der Waals surface area contributed by atoms with Crippen LogP contribution in [-0.4, -0.2) is 40.9 Å². The number of anilines is 1. The van der Waals surface area contributed by atoms with Gasteiger partial charge in [0.2, 0.25) is 5.95 Å². The summed E-state index contributed by atoms with van der Waals surface area (Å²) in [4.78, 5) is 7.23. The first kappa shape index (κ1) is 13.6. The standard InChI is InChI=1S/C16H27N5/c1-2-4-7-12(6-3-1)15-18-16(20-19-15)21-10-13-8-5-9-17-14(13)11-21/h12-14,17H,1-11H2,(H,18,19,20). The van der Waals surface area contributed by atoms with Gasteiger partial charge in [-0.25, -0.2) is 0 Å². The summed E-state index contributed by atoms with van der Waals surface area (Å²) in [6, 6.07) is 0.651. The van der Waals surface area contributed by atoms with Gasteiger partial charge in [-0.05, 0) is 38.1 Å². The molecule has 1 aliphatic carbocycles. The predicted octanol–water partition coefficient (Wildman–Crippen LogP) is 2.43. The summed E-state index contributed by atoms with van der Waals surface area (Å²) in [7, 11) is 0. The molecule has 2 unspecified atom stereocenters. The van der Waals surface area contributed by atoms with Gasteiger partial charge in [-0.2, -0.15) is 4.98 Å². The number of piperidine rings is 1. The van der Waals surface area contributed by atoms with Crippen LogP contribution in [0.4, 0.5) is 5.95 Å². The molecule has 3 heterocycles. The molecule has 3 fully saturated rings. The van der Waals surface area contributed by atoms with Crippen LogP contribution in [0.1, 0.15) is 63.1 Å². The monoisotopic (exact) mass is 289 g/mol. The maximum Gasteiger partial charge on any atom is 0.244 e. The van der Waals surface area contributed by atoms with E-state index in [0.29, 0.717) is 12.0 Å². The molecule has 2 saturated heterocycles. The lowest BCUT2D eigenvalue weighted by Crippen LogP contribution is -2.40. The smallest absolute Gasteiger partial charge is 0.244 e. The lowest BCUT2D eigenvalue weighted by molar-refractivity contribution is 0.340.